The molecular formula is C42H23NO2. The number of para-hydroxylation sites is 2. The molecule has 8 aromatic carbocycles. The van der Waals surface area contributed by atoms with Crippen LogP contribution in [0.1, 0.15) is 0 Å². The minimum absolute atomic E-state index is 0.880. The van der Waals surface area contributed by atoms with Crippen LogP contribution in [0.3, 0.4) is 0 Å². The van der Waals surface area contributed by atoms with E-state index in [1.165, 1.54) is 32.3 Å². The average Bonchev–Trinajstić information content (AvgIpc) is 3.78. The monoisotopic (exact) mass is 573 g/mol. The lowest BCUT2D eigenvalue weighted by molar-refractivity contribution is 0.666. The van der Waals surface area contributed by atoms with Gasteiger partial charge in [-0.2, -0.15) is 0 Å². The van der Waals surface area contributed by atoms with Gasteiger partial charge < -0.3 is 13.4 Å². The van der Waals surface area contributed by atoms with Gasteiger partial charge in [0.05, 0.1) is 22.1 Å². The van der Waals surface area contributed by atoms with Gasteiger partial charge in [0.15, 0.2) is 5.58 Å². The van der Waals surface area contributed by atoms with E-state index in [4.69, 9.17) is 8.83 Å². The molecule has 3 nitrogen and oxygen atoms in total. The lowest BCUT2D eigenvalue weighted by Crippen LogP contribution is -1.95. The molecule has 0 aliphatic carbocycles. The van der Waals surface area contributed by atoms with Crippen molar-refractivity contribution in [3.05, 3.63) is 140 Å². The Bertz CT molecular complexity index is 3040. The van der Waals surface area contributed by atoms with Crippen molar-refractivity contribution in [3.8, 4) is 5.69 Å². The number of rotatable bonds is 1. The third kappa shape index (κ3) is 2.90. The number of hydrogen-bond acceptors (Lipinski definition) is 2. The van der Waals surface area contributed by atoms with Gasteiger partial charge in [0.25, 0.3) is 0 Å². The highest BCUT2D eigenvalue weighted by molar-refractivity contribution is 6.39. The zero-order valence-electron chi connectivity index (χ0n) is 24.0. The summed E-state index contributed by atoms with van der Waals surface area (Å²) in [5.41, 5.74) is 6.90. The molecule has 0 aliphatic heterocycles. The van der Waals surface area contributed by atoms with E-state index in [1.54, 1.807) is 0 Å². The first kappa shape index (κ1) is 23.4. The van der Waals surface area contributed by atoms with Crippen LogP contribution in [0.2, 0.25) is 0 Å². The Balaban J connectivity index is 1.46. The molecule has 0 bridgehead atoms. The van der Waals surface area contributed by atoms with E-state index in [9.17, 15) is 0 Å². The Hall–Kier alpha value is -6.06. The third-order valence-corrected chi connectivity index (χ3v) is 9.74. The molecule has 0 spiro atoms. The molecule has 3 aromatic heterocycles. The third-order valence-electron chi connectivity index (χ3n) is 9.74. The van der Waals surface area contributed by atoms with Crippen molar-refractivity contribution in [2.24, 2.45) is 0 Å². The van der Waals surface area contributed by atoms with Crippen LogP contribution in [0, 0.1) is 0 Å². The van der Waals surface area contributed by atoms with Gasteiger partial charge in [-0.1, -0.05) is 115 Å². The van der Waals surface area contributed by atoms with Crippen LogP contribution in [-0.4, -0.2) is 4.57 Å². The minimum atomic E-state index is 0.880. The summed E-state index contributed by atoms with van der Waals surface area (Å²) in [6.45, 7) is 0. The summed E-state index contributed by atoms with van der Waals surface area (Å²) in [5, 5.41) is 13.9. The lowest BCUT2D eigenvalue weighted by atomic mass is 9.97. The molecule has 11 rings (SSSR count). The van der Waals surface area contributed by atoms with Gasteiger partial charge in [-0.15, -0.1) is 0 Å². The highest BCUT2D eigenvalue weighted by Crippen LogP contribution is 2.49. The van der Waals surface area contributed by atoms with Gasteiger partial charge >= 0.3 is 0 Å². The second-order valence-corrected chi connectivity index (χ2v) is 12.0. The molecule has 45 heavy (non-hydrogen) atoms. The minimum Gasteiger partial charge on any atom is -0.455 e. The number of hydrogen-bond donors (Lipinski definition) is 0. The molecule has 0 atom stereocenters. The average molecular weight is 574 g/mol. The van der Waals surface area contributed by atoms with Crippen LogP contribution < -0.4 is 0 Å². The predicted molar refractivity (Wildman–Crippen MR) is 188 cm³/mol. The molecule has 0 saturated heterocycles. The Labute approximate surface area is 256 Å². The van der Waals surface area contributed by atoms with Crippen molar-refractivity contribution in [2.75, 3.05) is 0 Å². The normalized spacial score (nSPS) is 12.4. The fraction of sp³-hybridized carbons (Fsp3) is 0. The highest BCUT2D eigenvalue weighted by Gasteiger charge is 2.26. The molecule has 0 fully saturated rings. The standard InChI is InChI=1S/C42H23NO2/c1-3-12-26-24(10-1)21-23-33-37(26)38-39(43(33)34-18-9-17-31-28-14-7-8-19-35(28)44-41(31)34)30-16-6-5-15-29(30)36-32-22-20-25-11-2-4-13-27(25)40(32)45-42(36)38/h1-23H. The SMILES string of the molecule is c1ccc2c(c1)ccc1c2oc2c1c1ccccc1c1c2c2c3ccccc3ccc2n1-c1cccc2c1oc1ccccc12. The molecule has 0 aliphatic rings. The zero-order chi connectivity index (χ0) is 29.2. The number of furan rings is 2. The molecule has 3 heteroatoms. The molecule has 0 N–H and O–H groups in total. The summed E-state index contributed by atoms with van der Waals surface area (Å²) < 4.78 is 16.1. The first-order chi connectivity index (χ1) is 22.3. The number of nitrogens with zero attached hydrogens (tertiary/aromatic N) is 1. The molecule has 0 saturated carbocycles. The summed E-state index contributed by atoms with van der Waals surface area (Å²) in [6, 6.07) is 49.7. The Kier molecular flexibility index (Phi) is 4.32. The van der Waals surface area contributed by atoms with Crippen LogP contribution in [0.25, 0.3) is 104 Å². The number of benzene rings is 8. The zero-order valence-corrected chi connectivity index (χ0v) is 24.0. The first-order valence-electron chi connectivity index (χ1n) is 15.4. The van der Waals surface area contributed by atoms with Crippen LogP contribution in [0.5, 0.6) is 0 Å². The van der Waals surface area contributed by atoms with E-state index in [-0.39, 0.29) is 0 Å². The maximum atomic E-state index is 7.09. The molecule has 11 aromatic rings. The lowest BCUT2D eigenvalue weighted by Gasteiger charge is -2.11. The second kappa shape index (κ2) is 8.31. The maximum Gasteiger partial charge on any atom is 0.159 e. The Morgan fingerprint density at radius 3 is 1.89 bits per heavy atom. The van der Waals surface area contributed by atoms with Crippen LogP contribution >= 0.6 is 0 Å². The van der Waals surface area contributed by atoms with Gasteiger partial charge in [-0.25, -0.2) is 0 Å². The van der Waals surface area contributed by atoms with Crippen molar-refractivity contribution in [1.29, 1.82) is 0 Å². The molecule has 0 unspecified atom stereocenters. The van der Waals surface area contributed by atoms with E-state index in [1.807, 2.05) is 6.07 Å². The summed E-state index contributed by atoms with van der Waals surface area (Å²) in [7, 11) is 0. The van der Waals surface area contributed by atoms with Crippen molar-refractivity contribution in [1.82, 2.24) is 4.57 Å². The second-order valence-electron chi connectivity index (χ2n) is 12.0. The van der Waals surface area contributed by atoms with E-state index in [0.717, 1.165) is 71.4 Å². The van der Waals surface area contributed by atoms with Gasteiger partial charge in [-0.05, 0) is 45.8 Å². The predicted octanol–water partition coefficient (Wildman–Crippen LogP) is 12.0. The van der Waals surface area contributed by atoms with E-state index >= 15 is 0 Å². The maximum absolute atomic E-state index is 7.09. The summed E-state index contributed by atoms with van der Waals surface area (Å²) in [6.07, 6.45) is 0. The van der Waals surface area contributed by atoms with E-state index in [2.05, 4.69) is 138 Å². The van der Waals surface area contributed by atoms with Crippen molar-refractivity contribution < 1.29 is 8.83 Å². The largest absolute Gasteiger partial charge is 0.455 e. The quantitative estimate of drug-likeness (QED) is 0.196. The van der Waals surface area contributed by atoms with Crippen molar-refractivity contribution >= 4 is 98.0 Å². The molecule has 208 valence electrons. The van der Waals surface area contributed by atoms with Gasteiger partial charge in [0.2, 0.25) is 0 Å². The summed E-state index contributed by atoms with van der Waals surface area (Å²) in [5.74, 6) is 0. The van der Waals surface area contributed by atoms with Crippen LogP contribution in [-0.2, 0) is 0 Å². The first-order valence-corrected chi connectivity index (χ1v) is 15.4. The van der Waals surface area contributed by atoms with Crippen molar-refractivity contribution in [2.45, 2.75) is 0 Å². The number of fused-ring (bicyclic) bond motifs is 17. The van der Waals surface area contributed by atoms with Crippen LogP contribution in [0.15, 0.2) is 148 Å². The van der Waals surface area contributed by atoms with Crippen LogP contribution in [0.4, 0.5) is 0 Å². The fourth-order valence-electron chi connectivity index (χ4n) is 7.87. The fourth-order valence-corrected chi connectivity index (χ4v) is 7.87. The highest BCUT2D eigenvalue weighted by atomic mass is 16.3. The van der Waals surface area contributed by atoms with Gasteiger partial charge in [0, 0.05) is 37.7 Å². The van der Waals surface area contributed by atoms with E-state index < -0.39 is 0 Å². The topological polar surface area (TPSA) is 31.2 Å². The molecular weight excluding hydrogens is 550 g/mol. The molecule has 3 heterocycles. The summed E-state index contributed by atoms with van der Waals surface area (Å²) >= 11 is 0. The molecule has 0 radical (unpaired) electrons. The van der Waals surface area contributed by atoms with Gasteiger partial charge in [-0.3, -0.25) is 0 Å². The summed E-state index contributed by atoms with van der Waals surface area (Å²) in [4.78, 5) is 0. The van der Waals surface area contributed by atoms with Crippen molar-refractivity contribution in [3.63, 3.8) is 0 Å². The molecule has 0 amide bonds. The Morgan fingerprint density at radius 2 is 1.02 bits per heavy atom. The smallest absolute Gasteiger partial charge is 0.159 e. The number of aromatic nitrogens is 1. The van der Waals surface area contributed by atoms with Gasteiger partial charge in [0.1, 0.15) is 16.7 Å². The van der Waals surface area contributed by atoms with E-state index in [0.29, 0.717) is 0 Å². The Morgan fingerprint density at radius 1 is 0.356 bits per heavy atom.